The third-order valence-electron chi connectivity index (χ3n) is 4.18. The van der Waals surface area contributed by atoms with Crippen molar-refractivity contribution in [3.05, 3.63) is 53.8 Å². The number of carbonyl (C=O) groups excluding carboxylic acids is 1. The van der Waals surface area contributed by atoms with E-state index in [-0.39, 0.29) is 5.91 Å². The van der Waals surface area contributed by atoms with Gasteiger partial charge in [-0.15, -0.1) is 11.3 Å². The average molecular weight is 354 g/mol. The number of nitrogens with one attached hydrogen (secondary N) is 1. The van der Waals surface area contributed by atoms with E-state index < -0.39 is 0 Å². The Hall–Kier alpha value is -2.51. The van der Waals surface area contributed by atoms with Gasteiger partial charge in [-0.1, -0.05) is 30.3 Å². The zero-order valence-corrected chi connectivity index (χ0v) is 14.4. The molecule has 3 heterocycles. The fraction of sp³-hybridized carbons (Fsp3) is 0.278. The number of amides is 1. The third kappa shape index (κ3) is 3.62. The summed E-state index contributed by atoms with van der Waals surface area (Å²) in [5, 5.41) is 9.86. The second-order valence-electron chi connectivity index (χ2n) is 5.91. The van der Waals surface area contributed by atoms with E-state index in [1.165, 1.54) is 11.3 Å². The first-order chi connectivity index (χ1) is 12.3. The standard InChI is InChI=1S/C18H18N4O2S/c23-17(16-12-25-18(21-16)13-4-2-1-3-5-13)20-14-10-19-22(11-14)15-6-8-24-9-7-15/h1-5,10-12,15H,6-9H2,(H,20,23). The molecule has 0 spiro atoms. The highest BCUT2D eigenvalue weighted by Crippen LogP contribution is 2.24. The van der Waals surface area contributed by atoms with Gasteiger partial charge in [-0.05, 0) is 12.8 Å². The van der Waals surface area contributed by atoms with Crippen LogP contribution in [0.3, 0.4) is 0 Å². The van der Waals surface area contributed by atoms with Gasteiger partial charge in [0, 0.05) is 30.4 Å². The SMILES string of the molecule is O=C(Nc1cnn(C2CCOCC2)c1)c1csc(-c2ccccc2)n1. The minimum Gasteiger partial charge on any atom is -0.381 e. The number of anilines is 1. The molecule has 1 aliphatic heterocycles. The number of nitrogens with zero attached hydrogens (tertiary/aromatic N) is 3. The van der Waals surface area contributed by atoms with Crippen LogP contribution in [0.15, 0.2) is 48.1 Å². The molecule has 1 amide bonds. The van der Waals surface area contributed by atoms with Gasteiger partial charge in [-0.2, -0.15) is 5.10 Å². The van der Waals surface area contributed by atoms with E-state index in [1.807, 2.05) is 41.2 Å². The maximum absolute atomic E-state index is 12.4. The van der Waals surface area contributed by atoms with Crippen molar-refractivity contribution in [3.8, 4) is 10.6 Å². The normalized spacial score (nSPS) is 15.2. The smallest absolute Gasteiger partial charge is 0.275 e. The van der Waals surface area contributed by atoms with Gasteiger partial charge in [0.2, 0.25) is 0 Å². The maximum atomic E-state index is 12.4. The van der Waals surface area contributed by atoms with Crippen LogP contribution in [0.25, 0.3) is 10.6 Å². The van der Waals surface area contributed by atoms with Crippen LogP contribution in [0.2, 0.25) is 0 Å². The summed E-state index contributed by atoms with van der Waals surface area (Å²) in [6, 6.07) is 10.2. The van der Waals surface area contributed by atoms with Gasteiger partial charge in [0.05, 0.1) is 17.9 Å². The van der Waals surface area contributed by atoms with Crippen LogP contribution in [0, 0.1) is 0 Å². The quantitative estimate of drug-likeness (QED) is 0.777. The van der Waals surface area contributed by atoms with E-state index in [0.29, 0.717) is 17.4 Å². The number of ether oxygens (including phenoxy) is 1. The summed E-state index contributed by atoms with van der Waals surface area (Å²) in [7, 11) is 0. The lowest BCUT2D eigenvalue weighted by Crippen LogP contribution is -2.19. The van der Waals surface area contributed by atoms with Crippen molar-refractivity contribution in [2.45, 2.75) is 18.9 Å². The van der Waals surface area contributed by atoms with Gasteiger partial charge in [-0.25, -0.2) is 4.98 Å². The molecule has 4 rings (SSSR count). The fourth-order valence-corrected chi connectivity index (χ4v) is 3.64. The molecule has 0 unspecified atom stereocenters. The Balaban J connectivity index is 1.44. The summed E-state index contributed by atoms with van der Waals surface area (Å²) in [4.78, 5) is 16.9. The van der Waals surface area contributed by atoms with E-state index in [2.05, 4.69) is 15.4 Å². The summed E-state index contributed by atoms with van der Waals surface area (Å²) in [6.45, 7) is 1.51. The Morgan fingerprint density at radius 1 is 1.24 bits per heavy atom. The summed E-state index contributed by atoms with van der Waals surface area (Å²) in [6.07, 6.45) is 5.44. The summed E-state index contributed by atoms with van der Waals surface area (Å²) in [5.41, 5.74) is 2.12. The number of aromatic nitrogens is 3. The fourth-order valence-electron chi connectivity index (χ4n) is 2.84. The Bertz CT molecular complexity index is 853. The molecule has 6 nitrogen and oxygen atoms in total. The lowest BCUT2D eigenvalue weighted by molar-refractivity contribution is 0.0662. The molecule has 25 heavy (non-hydrogen) atoms. The first-order valence-electron chi connectivity index (χ1n) is 8.24. The van der Waals surface area contributed by atoms with Gasteiger partial charge in [0.25, 0.3) is 5.91 Å². The van der Waals surface area contributed by atoms with Crippen molar-refractivity contribution in [1.29, 1.82) is 0 Å². The highest BCUT2D eigenvalue weighted by molar-refractivity contribution is 7.13. The first-order valence-corrected chi connectivity index (χ1v) is 9.12. The van der Waals surface area contributed by atoms with Gasteiger partial charge in [0.1, 0.15) is 10.7 Å². The number of carbonyl (C=O) groups is 1. The molecule has 1 fully saturated rings. The maximum Gasteiger partial charge on any atom is 0.275 e. The van der Waals surface area contributed by atoms with Crippen LogP contribution in [0.4, 0.5) is 5.69 Å². The molecule has 0 bridgehead atoms. The molecular formula is C18H18N4O2S. The van der Waals surface area contributed by atoms with Gasteiger partial charge < -0.3 is 10.1 Å². The number of thiazole rings is 1. The Kier molecular flexibility index (Phi) is 4.58. The zero-order chi connectivity index (χ0) is 17.1. The van der Waals surface area contributed by atoms with Crippen molar-refractivity contribution >= 4 is 22.9 Å². The molecule has 1 aliphatic rings. The second-order valence-corrected chi connectivity index (χ2v) is 6.77. The van der Waals surface area contributed by atoms with Crippen molar-refractivity contribution in [2.24, 2.45) is 0 Å². The summed E-state index contributed by atoms with van der Waals surface area (Å²) < 4.78 is 7.28. The average Bonchev–Trinajstić information content (AvgIpc) is 3.33. The number of hydrogen-bond donors (Lipinski definition) is 1. The Morgan fingerprint density at radius 3 is 2.84 bits per heavy atom. The monoisotopic (exact) mass is 354 g/mol. The largest absolute Gasteiger partial charge is 0.381 e. The van der Waals surface area contributed by atoms with Crippen LogP contribution in [-0.2, 0) is 4.74 Å². The van der Waals surface area contributed by atoms with E-state index in [0.717, 1.165) is 36.6 Å². The molecule has 2 aromatic heterocycles. The highest BCUT2D eigenvalue weighted by atomic mass is 32.1. The van der Waals surface area contributed by atoms with Gasteiger partial charge in [0.15, 0.2) is 0 Å². The Labute approximate surface area is 149 Å². The minimum atomic E-state index is -0.218. The molecule has 0 radical (unpaired) electrons. The van der Waals surface area contributed by atoms with E-state index in [1.54, 1.807) is 11.6 Å². The number of hydrogen-bond acceptors (Lipinski definition) is 5. The topological polar surface area (TPSA) is 69.0 Å². The zero-order valence-electron chi connectivity index (χ0n) is 13.6. The minimum absolute atomic E-state index is 0.218. The Morgan fingerprint density at radius 2 is 2.04 bits per heavy atom. The first kappa shape index (κ1) is 16.0. The van der Waals surface area contributed by atoms with E-state index in [9.17, 15) is 4.79 Å². The molecule has 1 N–H and O–H groups in total. The van der Waals surface area contributed by atoms with Crippen molar-refractivity contribution < 1.29 is 9.53 Å². The lowest BCUT2D eigenvalue weighted by atomic mass is 10.1. The molecule has 1 saturated heterocycles. The van der Waals surface area contributed by atoms with Crippen LogP contribution in [0.5, 0.6) is 0 Å². The van der Waals surface area contributed by atoms with E-state index in [4.69, 9.17) is 4.74 Å². The molecule has 1 aromatic carbocycles. The van der Waals surface area contributed by atoms with Gasteiger partial charge >= 0.3 is 0 Å². The molecule has 3 aromatic rings. The predicted molar refractivity (Wildman–Crippen MR) is 96.8 cm³/mol. The van der Waals surface area contributed by atoms with Crippen LogP contribution in [-0.4, -0.2) is 33.9 Å². The molecular weight excluding hydrogens is 336 g/mol. The summed E-state index contributed by atoms with van der Waals surface area (Å²) >= 11 is 1.46. The van der Waals surface area contributed by atoms with Crippen molar-refractivity contribution in [3.63, 3.8) is 0 Å². The number of benzene rings is 1. The van der Waals surface area contributed by atoms with Gasteiger partial charge in [-0.3, -0.25) is 9.48 Å². The van der Waals surface area contributed by atoms with Crippen LogP contribution < -0.4 is 5.32 Å². The molecule has 0 aliphatic carbocycles. The summed E-state index contributed by atoms with van der Waals surface area (Å²) in [5.74, 6) is -0.218. The van der Waals surface area contributed by atoms with Crippen molar-refractivity contribution in [1.82, 2.24) is 14.8 Å². The number of rotatable bonds is 4. The highest BCUT2D eigenvalue weighted by Gasteiger charge is 2.18. The molecule has 0 saturated carbocycles. The van der Waals surface area contributed by atoms with Crippen LogP contribution in [0.1, 0.15) is 29.4 Å². The molecule has 7 heteroatoms. The second kappa shape index (κ2) is 7.16. The van der Waals surface area contributed by atoms with E-state index >= 15 is 0 Å². The lowest BCUT2D eigenvalue weighted by Gasteiger charge is -2.22. The van der Waals surface area contributed by atoms with Crippen LogP contribution >= 0.6 is 11.3 Å². The van der Waals surface area contributed by atoms with Crippen molar-refractivity contribution in [2.75, 3.05) is 18.5 Å². The molecule has 0 atom stereocenters. The third-order valence-corrected chi connectivity index (χ3v) is 5.07. The molecule has 128 valence electrons. The predicted octanol–water partition coefficient (Wildman–Crippen LogP) is 3.61.